The molecule has 1 aliphatic heterocycles. The Balaban J connectivity index is 2.06. The van der Waals surface area contributed by atoms with Crippen molar-refractivity contribution < 1.29 is 4.74 Å². The lowest BCUT2D eigenvalue weighted by molar-refractivity contribution is 0.409. The topological polar surface area (TPSA) is 74.3 Å². The lowest BCUT2D eigenvalue weighted by Crippen LogP contribution is -2.38. The van der Waals surface area contributed by atoms with E-state index >= 15 is 0 Å². The summed E-state index contributed by atoms with van der Waals surface area (Å²) in [4.78, 5) is 31.9. The predicted octanol–water partition coefficient (Wildman–Crippen LogP) is 1.54. The molecule has 3 aromatic rings. The van der Waals surface area contributed by atoms with Gasteiger partial charge < -0.3 is 14.2 Å². The molecule has 27 heavy (non-hydrogen) atoms. The van der Waals surface area contributed by atoms with Crippen LogP contribution in [0.2, 0.25) is 0 Å². The van der Waals surface area contributed by atoms with Crippen LogP contribution in [0.5, 0.6) is 5.75 Å². The van der Waals surface area contributed by atoms with Gasteiger partial charge in [0.05, 0.1) is 12.8 Å². The average Bonchev–Trinajstić information content (AvgIpc) is 3.03. The molecule has 0 saturated heterocycles. The normalized spacial score (nSPS) is 16.6. The molecule has 1 atom stereocenters. The van der Waals surface area contributed by atoms with Crippen LogP contribution < -0.4 is 20.9 Å². The lowest BCUT2D eigenvalue weighted by atomic mass is 10.1. The van der Waals surface area contributed by atoms with E-state index in [2.05, 4.69) is 17.9 Å². The van der Waals surface area contributed by atoms with Crippen molar-refractivity contribution in [1.29, 1.82) is 0 Å². The van der Waals surface area contributed by atoms with E-state index in [1.807, 2.05) is 23.6 Å². The Hall–Kier alpha value is -3.03. The number of anilines is 2. The third kappa shape index (κ3) is 2.47. The third-order valence-electron chi connectivity index (χ3n) is 5.18. The van der Waals surface area contributed by atoms with Crippen molar-refractivity contribution in [2.24, 2.45) is 20.0 Å². The maximum absolute atomic E-state index is 12.8. The molecule has 0 aliphatic carbocycles. The Kier molecular flexibility index (Phi) is 3.87. The summed E-state index contributed by atoms with van der Waals surface area (Å²) in [6.07, 6.45) is 0. The summed E-state index contributed by atoms with van der Waals surface area (Å²) in [6.45, 7) is 5.58. The maximum Gasteiger partial charge on any atom is 0.332 e. The van der Waals surface area contributed by atoms with Crippen LogP contribution in [0, 0.1) is 12.8 Å². The van der Waals surface area contributed by atoms with E-state index < -0.39 is 0 Å². The molecule has 8 nitrogen and oxygen atoms in total. The standard InChI is InChI=1S/C19H23N5O3/c1-11-6-7-14(27-5)13(8-11)23-9-12(2)10-24-15-16(20-18(23)24)21(3)19(26)22(4)17(15)25/h6-8,12H,9-10H2,1-5H3. The Morgan fingerprint density at radius 3 is 2.59 bits per heavy atom. The predicted molar refractivity (Wildman–Crippen MR) is 104 cm³/mol. The van der Waals surface area contributed by atoms with Gasteiger partial charge in [0.15, 0.2) is 11.2 Å². The van der Waals surface area contributed by atoms with Gasteiger partial charge in [-0.3, -0.25) is 13.9 Å². The van der Waals surface area contributed by atoms with Gasteiger partial charge in [0.1, 0.15) is 5.75 Å². The van der Waals surface area contributed by atoms with Gasteiger partial charge in [0.2, 0.25) is 5.95 Å². The third-order valence-corrected chi connectivity index (χ3v) is 5.18. The fraction of sp³-hybridized carbons (Fsp3) is 0.421. The molecule has 3 heterocycles. The minimum Gasteiger partial charge on any atom is -0.495 e. The average molecular weight is 369 g/mol. The van der Waals surface area contributed by atoms with Gasteiger partial charge in [-0.25, -0.2) is 4.79 Å². The molecule has 142 valence electrons. The Labute approximate surface area is 156 Å². The van der Waals surface area contributed by atoms with Crippen molar-refractivity contribution in [2.45, 2.75) is 20.4 Å². The molecule has 0 saturated carbocycles. The lowest BCUT2D eigenvalue weighted by Gasteiger charge is -2.33. The zero-order chi connectivity index (χ0) is 19.5. The molecule has 0 amide bonds. The molecule has 1 unspecified atom stereocenters. The number of fused-ring (bicyclic) bond motifs is 3. The van der Waals surface area contributed by atoms with Crippen molar-refractivity contribution >= 4 is 22.8 Å². The number of benzene rings is 1. The van der Waals surface area contributed by atoms with Crippen LogP contribution in [0.1, 0.15) is 12.5 Å². The maximum atomic E-state index is 12.8. The first kappa shape index (κ1) is 17.4. The van der Waals surface area contributed by atoms with Crippen LogP contribution >= 0.6 is 0 Å². The second-order valence-electron chi connectivity index (χ2n) is 7.29. The van der Waals surface area contributed by atoms with E-state index in [9.17, 15) is 9.59 Å². The van der Waals surface area contributed by atoms with Crippen LogP contribution in [0.25, 0.3) is 11.2 Å². The smallest absolute Gasteiger partial charge is 0.332 e. The first-order valence-corrected chi connectivity index (χ1v) is 8.92. The summed E-state index contributed by atoms with van der Waals surface area (Å²) in [6, 6.07) is 5.99. The molecule has 1 aliphatic rings. The van der Waals surface area contributed by atoms with Crippen LogP contribution in [0.3, 0.4) is 0 Å². The van der Waals surface area contributed by atoms with Crippen molar-refractivity contribution in [2.75, 3.05) is 18.6 Å². The molecular weight excluding hydrogens is 346 g/mol. The summed E-state index contributed by atoms with van der Waals surface area (Å²) in [5.41, 5.74) is 2.17. The number of aryl methyl sites for hydroxylation is 2. The number of hydrogen-bond acceptors (Lipinski definition) is 5. The Bertz CT molecular complexity index is 1170. The summed E-state index contributed by atoms with van der Waals surface area (Å²) in [5.74, 6) is 1.70. The van der Waals surface area contributed by atoms with Gasteiger partial charge in [-0.15, -0.1) is 0 Å². The van der Waals surface area contributed by atoms with Gasteiger partial charge in [-0.05, 0) is 30.5 Å². The van der Waals surface area contributed by atoms with Crippen molar-refractivity contribution in [3.63, 3.8) is 0 Å². The van der Waals surface area contributed by atoms with Crippen molar-refractivity contribution in [1.82, 2.24) is 18.7 Å². The number of imidazole rings is 1. The van der Waals surface area contributed by atoms with Gasteiger partial charge in [0.25, 0.3) is 5.56 Å². The SMILES string of the molecule is COc1ccc(C)cc1N1CC(C)Cn2c1nc1c2c(=O)n(C)c(=O)n1C. The molecule has 4 rings (SSSR count). The number of hydrogen-bond donors (Lipinski definition) is 0. The zero-order valence-electron chi connectivity index (χ0n) is 16.2. The van der Waals surface area contributed by atoms with Crippen LogP contribution in [-0.4, -0.2) is 32.3 Å². The van der Waals surface area contributed by atoms with E-state index in [-0.39, 0.29) is 11.2 Å². The second-order valence-corrected chi connectivity index (χ2v) is 7.29. The molecule has 2 aromatic heterocycles. The number of ether oxygens (including phenoxy) is 1. The van der Waals surface area contributed by atoms with Crippen LogP contribution in [0.15, 0.2) is 27.8 Å². The van der Waals surface area contributed by atoms with Crippen molar-refractivity contribution in [3.8, 4) is 5.75 Å². The van der Waals surface area contributed by atoms with Gasteiger partial charge in [0, 0.05) is 27.2 Å². The van der Waals surface area contributed by atoms with Crippen LogP contribution in [0.4, 0.5) is 11.6 Å². The Morgan fingerprint density at radius 2 is 1.89 bits per heavy atom. The number of methoxy groups -OCH3 is 1. The largest absolute Gasteiger partial charge is 0.495 e. The molecule has 0 fully saturated rings. The van der Waals surface area contributed by atoms with Crippen molar-refractivity contribution in [3.05, 3.63) is 44.6 Å². The number of aromatic nitrogens is 4. The minimum atomic E-state index is -0.379. The number of rotatable bonds is 2. The molecule has 1 aromatic carbocycles. The monoisotopic (exact) mass is 369 g/mol. The fourth-order valence-electron chi connectivity index (χ4n) is 3.79. The van der Waals surface area contributed by atoms with E-state index in [0.717, 1.165) is 28.1 Å². The highest BCUT2D eigenvalue weighted by Crippen LogP contribution is 2.38. The summed E-state index contributed by atoms with van der Waals surface area (Å²) >= 11 is 0. The Morgan fingerprint density at radius 1 is 1.15 bits per heavy atom. The molecule has 0 bridgehead atoms. The fourth-order valence-corrected chi connectivity index (χ4v) is 3.79. The molecule has 0 radical (unpaired) electrons. The van der Waals surface area contributed by atoms with E-state index in [4.69, 9.17) is 9.72 Å². The second kappa shape index (κ2) is 6.00. The quantitative estimate of drug-likeness (QED) is 0.685. The highest BCUT2D eigenvalue weighted by atomic mass is 16.5. The van der Waals surface area contributed by atoms with E-state index in [1.165, 1.54) is 11.6 Å². The molecule has 0 N–H and O–H groups in total. The highest BCUT2D eigenvalue weighted by molar-refractivity contribution is 5.78. The first-order chi connectivity index (χ1) is 12.8. The highest BCUT2D eigenvalue weighted by Gasteiger charge is 2.30. The van der Waals surface area contributed by atoms with E-state index in [1.54, 1.807) is 14.2 Å². The van der Waals surface area contributed by atoms with Gasteiger partial charge >= 0.3 is 5.69 Å². The molecule has 0 spiro atoms. The summed E-state index contributed by atoms with van der Waals surface area (Å²) in [5, 5.41) is 0. The first-order valence-electron chi connectivity index (χ1n) is 8.92. The summed E-state index contributed by atoms with van der Waals surface area (Å²) in [7, 11) is 4.78. The van der Waals surface area contributed by atoms with E-state index in [0.29, 0.717) is 29.6 Å². The van der Waals surface area contributed by atoms with Gasteiger partial charge in [-0.2, -0.15) is 4.98 Å². The zero-order valence-corrected chi connectivity index (χ0v) is 16.2. The number of nitrogens with zero attached hydrogens (tertiary/aromatic N) is 5. The summed E-state index contributed by atoms with van der Waals surface area (Å²) < 4.78 is 10.0. The molecule has 8 heteroatoms. The molecular formula is C19H23N5O3. The van der Waals surface area contributed by atoms with Crippen LogP contribution in [-0.2, 0) is 20.6 Å². The minimum absolute atomic E-state index is 0.294. The van der Waals surface area contributed by atoms with Gasteiger partial charge in [-0.1, -0.05) is 13.0 Å².